The zero-order valence-electron chi connectivity index (χ0n) is 10.2. The second-order valence-electron chi connectivity index (χ2n) is 4.51. The molecule has 0 aromatic carbocycles. The van der Waals surface area contributed by atoms with Crippen molar-refractivity contribution in [1.29, 1.82) is 0 Å². The zero-order chi connectivity index (χ0) is 14.0. The van der Waals surface area contributed by atoms with Crippen molar-refractivity contribution in [1.82, 2.24) is 9.55 Å². The topological polar surface area (TPSA) is 124 Å². The Morgan fingerprint density at radius 3 is 2.58 bits per heavy atom. The maximum Gasteiger partial charge on any atom is 0.328 e. The molecule has 0 bridgehead atoms. The van der Waals surface area contributed by atoms with Gasteiger partial charge in [0.2, 0.25) is 10.0 Å². The average molecular weight is 289 g/mol. The summed E-state index contributed by atoms with van der Waals surface area (Å²) < 4.78 is 28.8. The zero-order valence-corrected chi connectivity index (χ0v) is 11.0. The summed E-state index contributed by atoms with van der Waals surface area (Å²) in [6, 6.07) is 0. The van der Waals surface area contributed by atoms with Gasteiger partial charge in [-0.1, -0.05) is 0 Å². The largest absolute Gasteiger partial charge is 0.381 e. The van der Waals surface area contributed by atoms with Crippen LogP contribution in [0.2, 0.25) is 0 Å². The van der Waals surface area contributed by atoms with Gasteiger partial charge in [0, 0.05) is 26.0 Å². The van der Waals surface area contributed by atoms with E-state index >= 15 is 0 Å². The third kappa shape index (κ3) is 3.31. The number of aromatic amines is 1. The lowest BCUT2D eigenvalue weighted by Gasteiger charge is -2.22. The molecule has 0 spiro atoms. The van der Waals surface area contributed by atoms with Gasteiger partial charge in [-0.05, 0) is 18.8 Å². The molecular weight excluding hydrogens is 274 g/mol. The number of hydrogen-bond donors (Lipinski definition) is 2. The van der Waals surface area contributed by atoms with Crippen LogP contribution >= 0.6 is 0 Å². The first kappa shape index (κ1) is 14.0. The molecule has 0 aliphatic carbocycles. The van der Waals surface area contributed by atoms with Gasteiger partial charge >= 0.3 is 5.69 Å². The molecule has 1 aromatic rings. The lowest BCUT2D eigenvalue weighted by Crippen LogP contribution is -2.36. The fourth-order valence-electron chi connectivity index (χ4n) is 2.03. The SMILES string of the molecule is NS(=O)(=O)c1cn(CC2CCOCC2)c(=O)[nH]c1=O. The van der Waals surface area contributed by atoms with Crippen molar-refractivity contribution >= 4 is 10.0 Å². The molecule has 2 rings (SSSR count). The molecule has 8 nitrogen and oxygen atoms in total. The smallest absolute Gasteiger partial charge is 0.328 e. The molecule has 0 unspecified atom stereocenters. The van der Waals surface area contributed by atoms with Crippen molar-refractivity contribution in [2.45, 2.75) is 24.3 Å². The summed E-state index contributed by atoms with van der Waals surface area (Å²) in [5.74, 6) is 0.214. The molecule has 9 heteroatoms. The minimum atomic E-state index is -4.14. The standard InChI is InChI=1S/C10H15N3O5S/c11-19(16,17)8-6-13(10(15)12-9(8)14)5-7-1-3-18-4-2-7/h6-7H,1-5H2,(H2,11,16,17)(H,12,14,15). The maximum atomic E-state index is 11.6. The number of sulfonamides is 1. The van der Waals surface area contributed by atoms with Gasteiger partial charge in [-0.15, -0.1) is 0 Å². The van der Waals surface area contributed by atoms with Crippen LogP contribution in [0.4, 0.5) is 0 Å². The third-order valence-electron chi connectivity index (χ3n) is 3.08. The van der Waals surface area contributed by atoms with Gasteiger partial charge in [0.25, 0.3) is 5.56 Å². The molecule has 0 amide bonds. The monoisotopic (exact) mass is 289 g/mol. The number of nitrogens with one attached hydrogen (secondary N) is 1. The lowest BCUT2D eigenvalue weighted by atomic mass is 10.0. The highest BCUT2D eigenvalue weighted by atomic mass is 32.2. The summed E-state index contributed by atoms with van der Waals surface area (Å²) in [6.07, 6.45) is 2.58. The lowest BCUT2D eigenvalue weighted by molar-refractivity contribution is 0.0607. The molecule has 19 heavy (non-hydrogen) atoms. The van der Waals surface area contributed by atoms with Crippen LogP contribution in [0.25, 0.3) is 0 Å². The summed E-state index contributed by atoms with van der Waals surface area (Å²) >= 11 is 0. The van der Waals surface area contributed by atoms with Gasteiger partial charge in [0.15, 0.2) is 4.90 Å². The Hall–Kier alpha value is -1.45. The average Bonchev–Trinajstić information content (AvgIpc) is 2.32. The van der Waals surface area contributed by atoms with E-state index in [9.17, 15) is 18.0 Å². The van der Waals surface area contributed by atoms with Crippen LogP contribution in [-0.2, 0) is 21.3 Å². The number of nitrogens with zero attached hydrogens (tertiary/aromatic N) is 1. The highest BCUT2D eigenvalue weighted by Gasteiger charge is 2.19. The van der Waals surface area contributed by atoms with E-state index in [1.54, 1.807) is 0 Å². The van der Waals surface area contributed by atoms with Crippen molar-refractivity contribution in [3.8, 4) is 0 Å². The molecule has 106 valence electrons. The minimum Gasteiger partial charge on any atom is -0.381 e. The quantitative estimate of drug-likeness (QED) is 0.709. The summed E-state index contributed by atoms with van der Waals surface area (Å²) in [7, 11) is -4.14. The summed E-state index contributed by atoms with van der Waals surface area (Å²) in [4.78, 5) is 24.4. The van der Waals surface area contributed by atoms with E-state index in [1.165, 1.54) is 4.57 Å². The highest BCUT2D eigenvalue weighted by molar-refractivity contribution is 7.89. The van der Waals surface area contributed by atoms with E-state index < -0.39 is 26.2 Å². The highest BCUT2D eigenvalue weighted by Crippen LogP contribution is 2.16. The second kappa shape index (κ2) is 5.27. The van der Waals surface area contributed by atoms with Crippen molar-refractivity contribution in [2.75, 3.05) is 13.2 Å². The van der Waals surface area contributed by atoms with E-state index in [4.69, 9.17) is 9.88 Å². The minimum absolute atomic E-state index is 0.214. The fourth-order valence-corrected chi connectivity index (χ4v) is 2.62. The van der Waals surface area contributed by atoms with Gasteiger partial charge in [-0.2, -0.15) is 0 Å². The predicted molar refractivity (Wildman–Crippen MR) is 66.2 cm³/mol. The molecule has 1 aliphatic rings. The van der Waals surface area contributed by atoms with Crippen LogP contribution in [0, 0.1) is 5.92 Å². The number of primary sulfonamides is 1. The maximum absolute atomic E-state index is 11.6. The molecule has 0 atom stereocenters. The van der Waals surface area contributed by atoms with Crippen molar-refractivity contribution in [2.24, 2.45) is 11.1 Å². The van der Waals surface area contributed by atoms with E-state index in [-0.39, 0.29) is 5.92 Å². The molecular formula is C10H15N3O5S. The number of rotatable bonds is 3. The number of nitrogens with two attached hydrogens (primary N) is 1. The van der Waals surface area contributed by atoms with Crippen LogP contribution in [0.1, 0.15) is 12.8 Å². The molecule has 3 N–H and O–H groups in total. The van der Waals surface area contributed by atoms with Crippen molar-refractivity contribution < 1.29 is 13.2 Å². The summed E-state index contributed by atoms with van der Waals surface area (Å²) in [5, 5.41) is 4.93. The first-order valence-corrected chi connectivity index (χ1v) is 7.37. The summed E-state index contributed by atoms with van der Waals surface area (Å²) in [6.45, 7) is 1.57. The Kier molecular flexibility index (Phi) is 3.88. The van der Waals surface area contributed by atoms with E-state index in [2.05, 4.69) is 0 Å². The molecule has 0 saturated carbocycles. The third-order valence-corrected chi connectivity index (χ3v) is 3.98. The van der Waals surface area contributed by atoms with Crippen LogP contribution in [0.5, 0.6) is 0 Å². The normalized spacial score (nSPS) is 17.5. The van der Waals surface area contributed by atoms with Crippen LogP contribution in [0.15, 0.2) is 20.7 Å². The second-order valence-corrected chi connectivity index (χ2v) is 6.04. The molecule has 1 fully saturated rings. The van der Waals surface area contributed by atoms with E-state index in [0.29, 0.717) is 19.8 Å². The molecule has 0 radical (unpaired) electrons. The van der Waals surface area contributed by atoms with Crippen molar-refractivity contribution in [3.63, 3.8) is 0 Å². The Morgan fingerprint density at radius 1 is 1.37 bits per heavy atom. The van der Waals surface area contributed by atoms with Gasteiger partial charge in [0.1, 0.15) is 0 Å². The summed E-state index contributed by atoms with van der Waals surface area (Å²) in [5.41, 5.74) is -1.63. The van der Waals surface area contributed by atoms with E-state index in [1.807, 2.05) is 4.98 Å². The van der Waals surface area contributed by atoms with Crippen LogP contribution < -0.4 is 16.4 Å². The molecule has 1 saturated heterocycles. The predicted octanol–water partition coefficient (Wildman–Crippen LogP) is -1.39. The molecule has 1 aromatic heterocycles. The number of H-pyrrole nitrogens is 1. The Labute approximate surface area is 109 Å². The van der Waals surface area contributed by atoms with Gasteiger partial charge < -0.3 is 4.74 Å². The molecule has 1 aliphatic heterocycles. The van der Waals surface area contributed by atoms with Crippen LogP contribution in [-0.4, -0.2) is 31.2 Å². The fraction of sp³-hybridized carbons (Fsp3) is 0.600. The van der Waals surface area contributed by atoms with Gasteiger partial charge in [0.05, 0.1) is 0 Å². The molecule has 2 heterocycles. The van der Waals surface area contributed by atoms with Crippen molar-refractivity contribution in [3.05, 3.63) is 27.0 Å². The van der Waals surface area contributed by atoms with E-state index in [0.717, 1.165) is 19.0 Å². The van der Waals surface area contributed by atoms with Gasteiger partial charge in [-0.3, -0.25) is 14.3 Å². The van der Waals surface area contributed by atoms with Crippen LogP contribution in [0.3, 0.4) is 0 Å². The number of ether oxygens (including phenoxy) is 1. The first-order valence-electron chi connectivity index (χ1n) is 5.82. The number of aromatic nitrogens is 2. The first-order chi connectivity index (χ1) is 8.88. The Morgan fingerprint density at radius 2 is 2.00 bits per heavy atom. The van der Waals surface area contributed by atoms with Gasteiger partial charge in [-0.25, -0.2) is 18.4 Å². The Bertz CT molecular complexity index is 669. The number of hydrogen-bond acceptors (Lipinski definition) is 5. The Balaban J connectivity index is 2.35.